The van der Waals surface area contributed by atoms with Gasteiger partial charge in [0.25, 0.3) is 5.91 Å². The molecule has 0 aliphatic rings. The van der Waals surface area contributed by atoms with Crippen LogP contribution in [0.2, 0.25) is 0 Å². The first-order valence-electron chi connectivity index (χ1n) is 9.30. The molecule has 4 nitrogen and oxygen atoms in total. The maximum atomic E-state index is 12.6. The van der Waals surface area contributed by atoms with Crippen molar-refractivity contribution in [1.82, 2.24) is 10.4 Å². The molecule has 0 spiro atoms. The molecule has 0 fully saturated rings. The quantitative estimate of drug-likeness (QED) is 0.396. The summed E-state index contributed by atoms with van der Waals surface area (Å²) in [7, 11) is 0. The Morgan fingerprint density at radius 3 is 1.83 bits per heavy atom. The minimum atomic E-state index is -0.257. The number of pyridine rings is 1. The third kappa shape index (κ3) is 4.45. The van der Waals surface area contributed by atoms with Gasteiger partial charge in [0, 0.05) is 29.1 Å². The van der Waals surface area contributed by atoms with Crippen LogP contribution in [0.25, 0.3) is 11.1 Å². The maximum Gasteiger partial charge on any atom is 0.271 e. The lowest BCUT2D eigenvalue weighted by Crippen LogP contribution is -2.20. The summed E-state index contributed by atoms with van der Waals surface area (Å²) in [5, 5.41) is 4.41. The largest absolute Gasteiger partial charge is 0.271 e. The molecule has 0 radical (unpaired) electrons. The van der Waals surface area contributed by atoms with Gasteiger partial charge in [-0.15, -0.1) is 0 Å². The van der Waals surface area contributed by atoms with E-state index in [0.717, 1.165) is 22.3 Å². The lowest BCUT2D eigenvalue weighted by Gasteiger charge is -2.08. The molecule has 0 atom stereocenters. The minimum Gasteiger partial charge on any atom is -0.267 e. The number of hydrogen-bond acceptors (Lipinski definition) is 3. The van der Waals surface area contributed by atoms with E-state index >= 15 is 0 Å². The van der Waals surface area contributed by atoms with E-state index < -0.39 is 0 Å². The molecule has 4 rings (SSSR count). The van der Waals surface area contributed by atoms with Crippen molar-refractivity contribution < 1.29 is 4.79 Å². The van der Waals surface area contributed by atoms with Crippen molar-refractivity contribution >= 4 is 11.6 Å². The van der Waals surface area contributed by atoms with Crippen LogP contribution >= 0.6 is 0 Å². The summed E-state index contributed by atoms with van der Waals surface area (Å²) in [5.74, 6) is -0.257. The number of carbonyl (C=O) groups is 1. The van der Waals surface area contributed by atoms with Gasteiger partial charge in [-0.25, -0.2) is 5.43 Å². The minimum absolute atomic E-state index is 0.257. The van der Waals surface area contributed by atoms with Crippen LogP contribution < -0.4 is 5.43 Å². The zero-order valence-electron chi connectivity index (χ0n) is 15.7. The first-order valence-corrected chi connectivity index (χ1v) is 9.30. The molecule has 3 aromatic carbocycles. The number of nitrogens with one attached hydrogen (secondary N) is 1. The molecular formula is C25H19N3O. The molecular weight excluding hydrogens is 358 g/mol. The molecule has 1 N–H and O–H groups in total. The van der Waals surface area contributed by atoms with Gasteiger partial charge in [0.1, 0.15) is 0 Å². The Kier molecular flexibility index (Phi) is 5.53. The fourth-order valence-corrected chi connectivity index (χ4v) is 3.02. The molecule has 29 heavy (non-hydrogen) atoms. The number of benzene rings is 3. The SMILES string of the molecule is O=C(N/N=C(\c1ccccc1)c1ccncc1)c1ccc(-c2ccccc2)cc1. The lowest BCUT2D eigenvalue weighted by molar-refractivity contribution is 0.0955. The molecule has 0 aliphatic heterocycles. The normalized spacial score (nSPS) is 11.1. The molecule has 140 valence electrons. The second kappa shape index (κ2) is 8.76. The van der Waals surface area contributed by atoms with E-state index in [2.05, 4.69) is 15.5 Å². The molecule has 0 bridgehead atoms. The van der Waals surface area contributed by atoms with Crippen LogP contribution in [-0.2, 0) is 0 Å². The van der Waals surface area contributed by atoms with E-state index in [4.69, 9.17) is 0 Å². The summed E-state index contributed by atoms with van der Waals surface area (Å²) in [5.41, 5.74) is 7.89. The Labute approximate surface area is 169 Å². The highest BCUT2D eigenvalue weighted by Crippen LogP contribution is 2.19. The summed E-state index contributed by atoms with van der Waals surface area (Å²) in [4.78, 5) is 16.7. The first kappa shape index (κ1) is 18.3. The Morgan fingerprint density at radius 2 is 1.17 bits per heavy atom. The fraction of sp³-hybridized carbons (Fsp3) is 0. The molecule has 4 aromatic rings. The second-order valence-electron chi connectivity index (χ2n) is 6.45. The highest BCUT2D eigenvalue weighted by Gasteiger charge is 2.09. The van der Waals surface area contributed by atoms with Gasteiger partial charge >= 0.3 is 0 Å². The smallest absolute Gasteiger partial charge is 0.267 e. The van der Waals surface area contributed by atoms with E-state index in [1.54, 1.807) is 12.4 Å². The van der Waals surface area contributed by atoms with Crippen molar-refractivity contribution in [3.63, 3.8) is 0 Å². The number of rotatable bonds is 5. The number of aromatic nitrogens is 1. The van der Waals surface area contributed by atoms with Crippen molar-refractivity contribution in [2.45, 2.75) is 0 Å². The molecule has 1 heterocycles. The summed E-state index contributed by atoms with van der Waals surface area (Å²) >= 11 is 0. The van der Waals surface area contributed by atoms with Gasteiger partial charge in [-0.1, -0.05) is 72.8 Å². The second-order valence-corrected chi connectivity index (χ2v) is 6.45. The van der Waals surface area contributed by atoms with Crippen LogP contribution in [0.15, 0.2) is 115 Å². The standard InChI is InChI=1S/C25H19N3O/c29-25(23-13-11-20(12-14-23)19-7-3-1-4-8-19)28-27-24(21-9-5-2-6-10-21)22-15-17-26-18-16-22/h1-18H,(H,28,29)/b27-24+. The molecule has 1 amide bonds. The van der Waals surface area contributed by atoms with Crippen molar-refractivity contribution in [2.24, 2.45) is 5.10 Å². The highest BCUT2D eigenvalue weighted by atomic mass is 16.2. The average Bonchev–Trinajstić information content (AvgIpc) is 2.81. The van der Waals surface area contributed by atoms with Crippen molar-refractivity contribution in [1.29, 1.82) is 0 Å². The van der Waals surface area contributed by atoms with Crippen molar-refractivity contribution in [3.8, 4) is 11.1 Å². The van der Waals surface area contributed by atoms with Crippen LogP contribution in [0.5, 0.6) is 0 Å². The molecule has 0 aliphatic carbocycles. The Bertz CT molecular complexity index is 1070. The molecule has 0 saturated carbocycles. The van der Waals surface area contributed by atoms with Gasteiger partial charge in [-0.3, -0.25) is 9.78 Å². The van der Waals surface area contributed by atoms with Crippen LogP contribution in [-0.4, -0.2) is 16.6 Å². The van der Waals surface area contributed by atoms with Gasteiger partial charge in [0.05, 0.1) is 5.71 Å². The zero-order chi connectivity index (χ0) is 19.9. The lowest BCUT2D eigenvalue weighted by atomic mass is 10.0. The van der Waals surface area contributed by atoms with Crippen LogP contribution in [0.4, 0.5) is 0 Å². The van der Waals surface area contributed by atoms with Gasteiger partial charge in [0.15, 0.2) is 0 Å². The van der Waals surface area contributed by atoms with E-state index in [-0.39, 0.29) is 5.91 Å². The van der Waals surface area contributed by atoms with Crippen molar-refractivity contribution in [2.75, 3.05) is 0 Å². The van der Waals surface area contributed by atoms with Gasteiger partial charge in [-0.05, 0) is 35.4 Å². The number of carbonyl (C=O) groups excluding carboxylic acids is 1. The van der Waals surface area contributed by atoms with E-state index in [0.29, 0.717) is 11.3 Å². The Morgan fingerprint density at radius 1 is 0.621 bits per heavy atom. The zero-order valence-corrected chi connectivity index (χ0v) is 15.7. The Hall–Kier alpha value is -4.05. The molecule has 1 aromatic heterocycles. The number of amides is 1. The van der Waals surface area contributed by atoms with Gasteiger partial charge in [-0.2, -0.15) is 5.10 Å². The topological polar surface area (TPSA) is 54.4 Å². The van der Waals surface area contributed by atoms with Crippen LogP contribution in [0.3, 0.4) is 0 Å². The van der Waals surface area contributed by atoms with Crippen molar-refractivity contribution in [3.05, 3.63) is 126 Å². The third-order valence-corrected chi connectivity index (χ3v) is 4.52. The fourth-order valence-electron chi connectivity index (χ4n) is 3.02. The average molecular weight is 377 g/mol. The van der Waals surface area contributed by atoms with E-state index in [1.807, 2.05) is 97.1 Å². The van der Waals surface area contributed by atoms with Crippen LogP contribution in [0, 0.1) is 0 Å². The highest BCUT2D eigenvalue weighted by molar-refractivity contribution is 6.13. The summed E-state index contributed by atoms with van der Waals surface area (Å²) in [6.07, 6.45) is 3.41. The van der Waals surface area contributed by atoms with Gasteiger partial charge in [0.2, 0.25) is 0 Å². The van der Waals surface area contributed by atoms with Gasteiger partial charge < -0.3 is 0 Å². The molecule has 0 saturated heterocycles. The Balaban J connectivity index is 1.57. The molecule has 0 unspecified atom stereocenters. The van der Waals surface area contributed by atoms with E-state index in [9.17, 15) is 4.79 Å². The number of nitrogens with zero attached hydrogens (tertiary/aromatic N) is 2. The maximum absolute atomic E-state index is 12.6. The summed E-state index contributed by atoms with van der Waals surface area (Å²) < 4.78 is 0. The number of hydrazone groups is 1. The van der Waals surface area contributed by atoms with E-state index in [1.165, 1.54) is 0 Å². The summed E-state index contributed by atoms with van der Waals surface area (Å²) in [6.45, 7) is 0. The molecule has 4 heteroatoms. The predicted molar refractivity (Wildman–Crippen MR) is 116 cm³/mol. The monoisotopic (exact) mass is 377 g/mol. The first-order chi connectivity index (χ1) is 14.3. The number of hydrogen-bond donors (Lipinski definition) is 1. The predicted octanol–water partition coefficient (Wildman–Crippen LogP) is 4.93. The third-order valence-electron chi connectivity index (χ3n) is 4.52. The summed E-state index contributed by atoms with van der Waals surface area (Å²) in [6, 6.07) is 31.0. The van der Waals surface area contributed by atoms with Crippen LogP contribution in [0.1, 0.15) is 21.5 Å².